The lowest BCUT2D eigenvalue weighted by Crippen LogP contribution is -1.91. The molecule has 7 heteroatoms. The summed E-state index contributed by atoms with van der Waals surface area (Å²) >= 11 is 23.3. The first-order valence-corrected chi connectivity index (χ1v) is 5.87. The van der Waals surface area contributed by atoms with Gasteiger partial charge in [-0.2, -0.15) is 0 Å². The van der Waals surface area contributed by atoms with Gasteiger partial charge in [-0.15, -0.1) is 0 Å². The second kappa shape index (κ2) is 4.86. The van der Waals surface area contributed by atoms with Gasteiger partial charge in [0.1, 0.15) is 10.8 Å². The van der Waals surface area contributed by atoms with Crippen LogP contribution in [0.4, 0.5) is 0 Å². The molecule has 1 aromatic heterocycles. The first kappa shape index (κ1) is 12.7. The highest BCUT2D eigenvalue weighted by atomic mass is 35.5. The number of aromatic nitrogens is 2. The molecule has 0 unspecified atom stereocenters. The second-order valence-electron chi connectivity index (χ2n) is 3.11. The van der Waals surface area contributed by atoms with E-state index in [-0.39, 0.29) is 26.9 Å². The number of phenols is 1. The number of phenolic OH excluding ortho intramolecular Hbond substituents is 1. The van der Waals surface area contributed by atoms with Crippen LogP contribution in [0.25, 0.3) is 11.3 Å². The van der Waals surface area contributed by atoms with Crippen molar-refractivity contribution in [1.82, 2.24) is 9.97 Å². The largest absolute Gasteiger partial charge is 0.507 e. The predicted octanol–water partition coefficient (Wildman–Crippen LogP) is 4.46. The Bertz CT molecular complexity index is 589. The fraction of sp³-hybridized carbons (Fsp3) is 0. The van der Waals surface area contributed by atoms with Gasteiger partial charge in [-0.1, -0.05) is 34.8 Å². The smallest absolute Gasteiger partial charge is 0.224 e. The molecule has 0 spiro atoms. The molecule has 17 heavy (non-hydrogen) atoms. The molecule has 0 fully saturated rings. The Morgan fingerprint density at radius 2 is 1.71 bits per heavy atom. The quantitative estimate of drug-likeness (QED) is 0.625. The van der Waals surface area contributed by atoms with E-state index < -0.39 is 0 Å². The van der Waals surface area contributed by atoms with Crippen molar-refractivity contribution in [2.45, 2.75) is 0 Å². The zero-order chi connectivity index (χ0) is 12.6. The lowest BCUT2D eigenvalue weighted by atomic mass is 10.1. The van der Waals surface area contributed by atoms with Gasteiger partial charge in [-0.05, 0) is 29.8 Å². The molecule has 2 aromatic rings. The summed E-state index contributed by atoms with van der Waals surface area (Å²) in [5.41, 5.74) is 0.574. The number of hydrogen-bond acceptors (Lipinski definition) is 3. The number of rotatable bonds is 1. The van der Waals surface area contributed by atoms with Gasteiger partial charge in [0.15, 0.2) is 5.15 Å². The Labute approximate surface area is 117 Å². The van der Waals surface area contributed by atoms with E-state index in [0.717, 1.165) is 0 Å². The molecule has 0 saturated carbocycles. The molecule has 1 N–H and O–H groups in total. The molecule has 0 saturated heterocycles. The molecule has 0 amide bonds. The Kier molecular flexibility index (Phi) is 3.64. The predicted molar refractivity (Wildman–Crippen MR) is 69.2 cm³/mol. The fourth-order valence-corrected chi connectivity index (χ4v) is 2.01. The lowest BCUT2D eigenvalue weighted by molar-refractivity contribution is 0.477. The van der Waals surface area contributed by atoms with Crippen molar-refractivity contribution in [3.05, 3.63) is 38.7 Å². The topological polar surface area (TPSA) is 46.0 Å². The summed E-state index contributed by atoms with van der Waals surface area (Å²) in [6.45, 7) is 0. The first-order chi connectivity index (χ1) is 7.99. The third kappa shape index (κ3) is 2.58. The molecule has 0 aliphatic heterocycles. The van der Waals surface area contributed by atoms with Gasteiger partial charge >= 0.3 is 0 Å². The van der Waals surface area contributed by atoms with Crippen LogP contribution in [-0.2, 0) is 0 Å². The highest BCUT2D eigenvalue weighted by Gasteiger charge is 2.15. The van der Waals surface area contributed by atoms with Crippen LogP contribution in [0.3, 0.4) is 0 Å². The van der Waals surface area contributed by atoms with Crippen molar-refractivity contribution in [1.29, 1.82) is 0 Å². The van der Waals surface area contributed by atoms with Gasteiger partial charge < -0.3 is 5.11 Å². The highest BCUT2D eigenvalue weighted by molar-refractivity contribution is 6.43. The number of hydrogen-bond donors (Lipinski definition) is 1. The Morgan fingerprint density at radius 1 is 1.00 bits per heavy atom. The van der Waals surface area contributed by atoms with E-state index >= 15 is 0 Å². The van der Waals surface area contributed by atoms with Gasteiger partial charge in [0.05, 0.1) is 5.69 Å². The standard InChI is InChI=1S/C10H4Cl4N2O/c11-4-1-2-6(17)5(3-4)8-7(12)9(13)16-10(14)15-8/h1-3,17H. The van der Waals surface area contributed by atoms with Crippen LogP contribution < -0.4 is 0 Å². The maximum atomic E-state index is 9.73. The van der Waals surface area contributed by atoms with E-state index in [4.69, 9.17) is 46.4 Å². The maximum absolute atomic E-state index is 9.73. The summed E-state index contributed by atoms with van der Waals surface area (Å²) < 4.78 is 0. The van der Waals surface area contributed by atoms with Crippen molar-refractivity contribution in [2.75, 3.05) is 0 Å². The van der Waals surface area contributed by atoms with Gasteiger partial charge in [0.25, 0.3) is 0 Å². The molecular weight excluding hydrogens is 306 g/mol. The van der Waals surface area contributed by atoms with Crippen molar-refractivity contribution < 1.29 is 5.11 Å². The molecule has 0 radical (unpaired) electrons. The SMILES string of the molecule is Oc1ccc(Cl)cc1-c1nc(Cl)nc(Cl)c1Cl. The summed E-state index contributed by atoms with van der Waals surface area (Å²) in [4.78, 5) is 7.61. The van der Waals surface area contributed by atoms with Crippen LogP contribution >= 0.6 is 46.4 Å². The zero-order valence-electron chi connectivity index (χ0n) is 8.09. The van der Waals surface area contributed by atoms with E-state index in [2.05, 4.69) is 9.97 Å². The monoisotopic (exact) mass is 308 g/mol. The number of aromatic hydroxyl groups is 1. The van der Waals surface area contributed by atoms with Crippen LogP contribution in [0.15, 0.2) is 18.2 Å². The number of halogens is 4. The minimum atomic E-state index is -0.0613. The molecular formula is C10H4Cl4N2O. The van der Waals surface area contributed by atoms with Gasteiger partial charge in [-0.25, -0.2) is 9.97 Å². The van der Waals surface area contributed by atoms with E-state index in [1.54, 1.807) is 6.07 Å². The second-order valence-corrected chi connectivity index (χ2v) is 4.62. The Balaban J connectivity index is 2.72. The molecule has 88 valence electrons. The molecule has 0 aliphatic carbocycles. The van der Waals surface area contributed by atoms with Gasteiger partial charge in [-0.3, -0.25) is 0 Å². The van der Waals surface area contributed by atoms with Crippen molar-refractivity contribution >= 4 is 46.4 Å². The van der Waals surface area contributed by atoms with Crippen LogP contribution in [-0.4, -0.2) is 15.1 Å². The van der Waals surface area contributed by atoms with Crippen LogP contribution in [0.1, 0.15) is 0 Å². The Hall–Kier alpha value is -0.740. The summed E-state index contributed by atoms with van der Waals surface area (Å²) in [6, 6.07) is 4.48. The molecule has 0 aliphatic rings. The Morgan fingerprint density at radius 3 is 2.41 bits per heavy atom. The lowest BCUT2D eigenvalue weighted by Gasteiger charge is -2.07. The van der Waals surface area contributed by atoms with Crippen LogP contribution in [0.5, 0.6) is 5.75 Å². The minimum Gasteiger partial charge on any atom is -0.507 e. The number of nitrogens with zero attached hydrogens (tertiary/aromatic N) is 2. The van der Waals surface area contributed by atoms with Crippen LogP contribution in [0.2, 0.25) is 20.5 Å². The molecule has 2 rings (SSSR count). The highest BCUT2D eigenvalue weighted by Crippen LogP contribution is 2.37. The molecule has 3 nitrogen and oxygen atoms in total. The molecule has 0 bridgehead atoms. The minimum absolute atomic E-state index is 0.0149. The van der Waals surface area contributed by atoms with Crippen LogP contribution in [0, 0.1) is 0 Å². The molecule has 1 aromatic carbocycles. The van der Waals surface area contributed by atoms with Crippen molar-refractivity contribution in [2.24, 2.45) is 0 Å². The maximum Gasteiger partial charge on any atom is 0.224 e. The number of benzene rings is 1. The normalized spacial score (nSPS) is 10.6. The van der Waals surface area contributed by atoms with Gasteiger partial charge in [0, 0.05) is 10.6 Å². The third-order valence-corrected chi connectivity index (χ3v) is 3.13. The van der Waals surface area contributed by atoms with E-state index in [0.29, 0.717) is 10.6 Å². The molecule has 1 heterocycles. The summed E-state index contributed by atoms with van der Waals surface area (Å²) in [6.07, 6.45) is 0. The van der Waals surface area contributed by atoms with E-state index in [1.165, 1.54) is 12.1 Å². The van der Waals surface area contributed by atoms with Crippen molar-refractivity contribution in [3.63, 3.8) is 0 Å². The van der Waals surface area contributed by atoms with E-state index in [9.17, 15) is 5.11 Å². The summed E-state index contributed by atoms with van der Waals surface area (Å²) in [7, 11) is 0. The summed E-state index contributed by atoms with van der Waals surface area (Å²) in [5.74, 6) is -0.0258. The van der Waals surface area contributed by atoms with E-state index in [1.807, 2.05) is 0 Å². The third-order valence-electron chi connectivity index (χ3n) is 2.00. The average molecular weight is 310 g/mol. The van der Waals surface area contributed by atoms with Crippen molar-refractivity contribution in [3.8, 4) is 17.0 Å². The average Bonchev–Trinajstić information content (AvgIpc) is 2.27. The molecule has 0 atom stereocenters. The first-order valence-electron chi connectivity index (χ1n) is 4.36. The summed E-state index contributed by atoms with van der Waals surface area (Å²) in [5, 5.41) is 10.2. The zero-order valence-corrected chi connectivity index (χ0v) is 11.1. The fourth-order valence-electron chi connectivity index (χ4n) is 1.27. The van der Waals surface area contributed by atoms with Gasteiger partial charge in [0.2, 0.25) is 5.28 Å².